The Morgan fingerprint density at radius 2 is 2.12 bits per heavy atom. The summed E-state index contributed by atoms with van der Waals surface area (Å²) < 4.78 is 26.8. The Bertz CT molecular complexity index is 471. The lowest BCUT2D eigenvalue weighted by atomic mass is 10.4. The van der Waals surface area contributed by atoms with E-state index in [9.17, 15) is 8.42 Å². The number of hydrogen-bond acceptors (Lipinski definition) is 5. The minimum atomic E-state index is -3.47. The maximum absolute atomic E-state index is 11.9. The third-order valence-corrected chi connectivity index (χ3v) is 5.38. The van der Waals surface area contributed by atoms with E-state index in [1.165, 1.54) is 0 Å². The maximum Gasteiger partial charge on any atom is 0.251 e. The van der Waals surface area contributed by atoms with Gasteiger partial charge in [0.25, 0.3) is 10.0 Å². The second-order valence-electron chi connectivity index (χ2n) is 3.89. The average molecular weight is 298 g/mol. The molecule has 0 radical (unpaired) electrons. The van der Waals surface area contributed by atoms with Gasteiger partial charge in [-0.25, -0.2) is 18.1 Å². The van der Waals surface area contributed by atoms with Crippen LogP contribution in [0.5, 0.6) is 0 Å². The molecule has 1 aromatic heterocycles. The first kappa shape index (κ1) is 14.8. The number of aromatic nitrogens is 1. The topological polar surface area (TPSA) is 62.3 Å². The highest BCUT2D eigenvalue weighted by atomic mass is 35.5. The van der Waals surface area contributed by atoms with E-state index in [4.69, 9.17) is 11.6 Å². The normalized spacial score (nSPS) is 12.3. The van der Waals surface area contributed by atoms with E-state index < -0.39 is 10.0 Å². The number of nitrogens with one attached hydrogen (secondary N) is 1. The fourth-order valence-electron chi connectivity index (χ4n) is 1.27. The Balaban J connectivity index is 2.60. The smallest absolute Gasteiger partial charge is 0.251 e. The van der Waals surface area contributed by atoms with E-state index in [2.05, 4.69) is 9.71 Å². The standard InChI is InChI=1S/C9H16ClN3O2S2/c1-7-8(16-9(10)12-7)17(14,15)11-5-4-6-13(2)3/h11H,4-6H2,1-3H3. The first-order valence-electron chi connectivity index (χ1n) is 5.10. The summed E-state index contributed by atoms with van der Waals surface area (Å²) in [5.41, 5.74) is 0.445. The molecular weight excluding hydrogens is 282 g/mol. The second kappa shape index (κ2) is 6.10. The quantitative estimate of drug-likeness (QED) is 0.805. The Morgan fingerprint density at radius 1 is 1.47 bits per heavy atom. The van der Waals surface area contributed by atoms with Crippen LogP contribution in [-0.2, 0) is 10.0 Å². The number of nitrogens with zero attached hydrogens (tertiary/aromatic N) is 2. The van der Waals surface area contributed by atoms with Gasteiger partial charge < -0.3 is 4.90 Å². The van der Waals surface area contributed by atoms with Crippen LogP contribution in [0.25, 0.3) is 0 Å². The largest absolute Gasteiger partial charge is 0.309 e. The summed E-state index contributed by atoms with van der Waals surface area (Å²) in [7, 11) is 0.427. The Kier molecular flexibility index (Phi) is 5.33. The number of halogens is 1. The number of hydrogen-bond donors (Lipinski definition) is 1. The molecule has 1 N–H and O–H groups in total. The lowest BCUT2D eigenvalue weighted by Gasteiger charge is -2.09. The zero-order valence-electron chi connectivity index (χ0n) is 10.0. The molecule has 1 heterocycles. The molecule has 0 bridgehead atoms. The van der Waals surface area contributed by atoms with Crippen molar-refractivity contribution in [1.29, 1.82) is 0 Å². The molecule has 0 fully saturated rings. The van der Waals surface area contributed by atoms with Crippen LogP contribution in [0.15, 0.2) is 4.21 Å². The number of aryl methyl sites for hydroxylation is 1. The van der Waals surface area contributed by atoms with Crippen LogP contribution in [0.2, 0.25) is 4.47 Å². The highest BCUT2D eigenvalue weighted by molar-refractivity contribution is 7.91. The zero-order chi connectivity index (χ0) is 13.1. The minimum Gasteiger partial charge on any atom is -0.309 e. The number of thiazole rings is 1. The van der Waals surface area contributed by atoms with E-state index in [1.807, 2.05) is 19.0 Å². The molecule has 0 aromatic carbocycles. The van der Waals surface area contributed by atoms with Crippen LogP contribution in [-0.4, -0.2) is 45.5 Å². The predicted octanol–water partition coefficient (Wildman–Crippen LogP) is 1.33. The molecule has 0 saturated carbocycles. The molecule has 0 aliphatic rings. The highest BCUT2D eigenvalue weighted by Gasteiger charge is 2.20. The van der Waals surface area contributed by atoms with Gasteiger partial charge in [0.1, 0.15) is 0 Å². The molecule has 1 rings (SSSR count). The van der Waals surface area contributed by atoms with Crippen molar-refractivity contribution in [1.82, 2.24) is 14.6 Å². The van der Waals surface area contributed by atoms with Crippen molar-refractivity contribution in [3.63, 3.8) is 0 Å². The van der Waals surface area contributed by atoms with Gasteiger partial charge in [-0.05, 0) is 34.0 Å². The van der Waals surface area contributed by atoms with Crippen molar-refractivity contribution in [2.45, 2.75) is 17.6 Å². The monoisotopic (exact) mass is 297 g/mol. The molecular formula is C9H16ClN3O2S2. The molecule has 0 saturated heterocycles. The van der Waals surface area contributed by atoms with E-state index >= 15 is 0 Å². The van der Waals surface area contributed by atoms with Gasteiger partial charge in [-0.1, -0.05) is 22.9 Å². The van der Waals surface area contributed by atoms with Gasteiger partial charge in [-0.15, -0.1) is 0 Å². The molecule has 8 heteroatoms. The molecule has 17 heavy (non-hydrogen) atoms. The highest BCUT2D eigenvalue weighted by Crippen LogP contribution is 2.26. The zero-order valence-corrected chi connectivity index (χ0v) is 12.4. The summed E-state index contributed by atoms with van der Waals surface area (Å²) in [5, 5.41) is 0. The van der Waals surface area contributed by atoms with Crippen LogP contribution in [0, 0.1) is 6.92 Å². The van der Waals surface area contributed by atoms with Gasteiger partial charge in [-0.2, -0.15) is 0 Å². The van der Waals surface area contributed by atoms with Crippen LogP contribution < -0.4 is 4.72 Å². The minimum absolute atomic E-state index is 0.201. The first-order valence-corrected chi connectivity index (χ1v) is 7.78. The summed E-state index contributed by atoms with van der Waals surface area (Å²) >= 11 is 6.66. The van der Waals surface area contributed by atoms with Crippen molar-refractivity contribution >= 4 is 33.0 Å². The van der Waals surface area contributed by atoms with Crippen molar-refractivity contribution in [2.24, 2.45) is 0 Å². The molecule has 1 aromatic rings. The first-order chi connectivity index (χ1) is 7.83. The Hall–Kier alpha value is -0.210. The van der Waals surface area contributed by atoms with Crippen molar-refractivity contribution in [3.8, 4) is 0 Å². The lowest BCUT2D eigenvalue weighted by Crippen LogP contribution is -2.27. The fourth-order valence-corrected chi connectivity index (χ4v) is 4.12. The van der Waals surface area contributed by atoms with Gasteiger partial charge in [0.05, 0.1) is 5.69 Å². The van der Waals surface area contributed by atoms with Gasteiger partial charge in [0.2, 0.25) is 0 Å². The average Bonchev–Trinajstić information content (AvgIpc) is 2.53. The summed E-state index contributed by atoms with van der Waals surface area (Å²) in [5.74, 6) is 0. The second-order valence-corrected chi connectivity index (χ2v) is 7.44. The Morgan fingerprint density at radius 3 is 2.59 bits per heavy atom. The molecule has 0 spiro atoms. The van der Waals surface area contributed by atoms with Crippen LogP contribution in [0.3, 0.4) is 0 Å². The van der Waals surface area contributed by atoms with Gasteiger partial charge in [-0.3, -0.25) is 0 Å². The summed E-state index contributed by atoms with van der Waals surface area (Å²) in [4.78, 5) is 5.89. The third kappa shape index (κ3) is 4.51. The van der Waals surface area contributed by atoms with Gasteiger partial charge in [0.15, 0.2) is 8.68 Å². The van der Waals surface area contributed by atoms with E-state index in [-0.39, 0.29) is 8.68 Å². The predicted molar refractivity (Wildman–Crippen MR) is 70.2 cm³/mol. The van der Waals surface area contributed by atoms with Crippen LogP contribution in [0.4, 0.5) is 0 Å². The fraction of sp³-hybridized carbons (Fsp3) is 0.667. The lowest BCUT2D eigenvalue weighted by molar-refractivity contribution is 0.400. The summed E-state index contributed by atoms with van der Waals surface area (Å²) in [6.45, 7) is 2.89. The molecule has 0 amide bonds. The van der Waals surface area contributed by atoms with Crippen molar-refractivity contribution in [2.75, 3.05) is 27.2 Å². The number of rotatable bonds is 6. The van der Waals surface area contributed by atoms with E-state index in [0.717, 1.165) is 24.3 Å². The van der Waals surface area contributed by atoms with Gasteiger partial charge in [0, 0.05) is 6.54 Å². The number of sulfonamides is 1. The summed E-state index contributed by atoms with van der Waals surface area (Å²) in [6.07, 6.45) is 0.762. The van der Waals surface area contributed by atoms with Crippen LogP contribution >= 0.6 is 22.9 Å². The molecule has 5 nitrogen and oxygen atoms in total. The van der Waals surface area contributed by atoms with Crippen LogP contribution in [0.1, 0.15) is 12.1 Å². The molecule has 0 unspecified atom stereocenters. The third-order valence-electron chi connectivity index (χ3n) is 2.05. The molecule has 0 atom stereocenters. The van der Waals surface area contributed by atoms with Crippen molar-refractivity contribution in [3.05, 3.63) is 10.2 Å². The Labute approximate surface area is 111 Å². The summed E-state index contributed by atoms with van der Waals surface area (Å²) in [6, 6.07) is 0. The maximum atomic E-state index is 11.9. The van der Waals surface area contributed by atoms with Gasteiger partial charge >= 0.3 is 0 Å². The van der Waals surface area contributed by atoms with Crippen molar-refractivity contribution < 1.29 is 8.42 Å². The molecule has 98 valence electrons. The SMILES string of the molecule is Cc1nc(Cl)sc1S(=O)(=O)NCCCN(C)C. The van der Waals surface area contributed by atoms with E-state index in [0.29, 0.717) is 12.2 Å². The molecule has 0 aliphatic carbocycles. The molecule has 0 aliphatic heterocycles. The van der Waals surface area contributed by atoms with E-state index in [1.54, 1.807) is 6.92 Å².